The molecule has 1 fully saturated rings. The second kappa shape index (κ2) is 5.43. The fourth-order valence-electron chi connectivity index (χ4n) is 2.26. The van der Waals surface area contributed by atoms with Crippen molar-refractivity contribution in [3.05, 3.63) is 22.8 Å². The van der Waals surface area contributed by atoms with E-state index < -0.39 is 5.60 Å². The molecule has 0 bridgehead atoms. The van der Waals surface area contributed by atoms with Crippen LogP contribution in [0.3, 0.4) is 0 Å². The second-order valence-corrected chi connectivity index (χ2v) is 5.55. The van der Waals surface area contributed by atoms with Crippen LogP contribution in [0.15, 0.2) is 12.3 Å². The molecule has 0 amide bonds. The normalized spacial score (nSPS) is 25.0. The average molecular weight is 271 g/mol. The van der Waals surface area contributed by atoms with Gasteiger partial charge < -0.3 is 15.1 Å². The Morgan fingerprint density at radius 2 is 2.22 bits per heavy atom. The standard InChI is InChI=1S/C13H19ClN2O2/c1-13(18)3-2-5-16(6-4-13)12-11(14)7-10(9-17)8-15-12/h7-8,17-18H,2-6,9H2,1H3. The molecule has 0 radical (unpaired) electrons. The fraction of sp³-hybridized carbons (Fsp3) is 0.615. The minimum atomic E-state index is -0.591. The van der Waals surface area contributed by atoms with Crippen LogP contribution in [0, 0.1) is 0 Å². The predicted molar refractivity (Wildman–Crippen MR) is 71.9 cm³/mol. The van der Waals surface area contributed by atoms with E-state index in [1.54, 1.807) is 12.3 Å². The van der Waals surface area contributed by atoms with E-state index in [1.165, 1.54) is 0 Å². The first-order valence-electron chi connectivity index (χ1n) is 6.24. The number of rotatable bonds is 2. The molecule has 2 rings (SSSR count). The Labute approximate surface area is 112 Å². The van der Waals surface area contributed by atoms with Crippen LogP contribution in [-0.2, 0) is 6.61 Å². The van der Waals surface area contributed by atoms with Crippen LogP contribution in [0.5, 0.6) is 0 Å². The van der Waals surface area contributed by atoms with Crippen LogP contribution in [-0.4, -0.2) is 33.9 Å². The predicted octanol–water partition coefficient (Wildman–Crippen LogP) is 1.97. The highest BCUT2D eigenvalue weighted by atomic mass is 35.5. The van der Waals surface area contributed by atoms with Crippen molar-refractivity contribution in [1.29, 1.82) is 0 Å². The third-order valence-corrected chi connectivity index (χ3v) is 3.70. The summed E-state index contributed by atoms with van der Waals surface area (Å²) in [5.74, 6) is 0.742. The van der Waals surface area contributed by atoms with Gasteiger partial charge in [0.1, 0.15) is 5.82 Å². The maximum absolute atomic E-state index is 10.1. The number of aliphatic hydroxyl groups excluding tert-OH is 1. The number of aromatic nitrogens is 1. The number of anilines is 1. The summed E-state index contributed by atoms with van der Waals surface area (Å²) in [6.45, 7) is 3.42. The molecule has 18 heavy (non-hydrogen) atoms. The van der Waals surface area contributed by atoms with Gasteiger partial charge >= 0.3 is 0 Å². The van der Waals surface area contributed by atoms with E-state index in [4.69, 9.17) is 16.7 Å². The first-order valence-corrected chi connectivity index (χ1v) is 6.62. The van der Waals surface area contributed by atoms with Gasteiger partial charge in [0.25, 0.3) is 0 Å². The summed E-state index contributed by atoms with van der Waals surface area (Å²) in [6.07, 6.45) is 4.08. The highest BCUT2D eigenvalue weighted by Gasteiger charge is 2.26. The number of hydrogen-bond acceptors (Lipinski definition) is 4. The molecule has 1 atom stereocenters. The average Bonchev–Trinajstić information content (AvgIpc) is 2.50. The van der Waals surface area contributed by atoms with Crippen molar-refractivity contribution in [1.82, 2.24) is 4.98 Å². The summed E-state index contributed by atoms with van der Waals surface area (Å²) in [5, 5.41) is 19.6. The van der Waals surface area contributed by atoms with E-state index in [2.05, 4.69) is 9.88 Å². The van der Waals surface area contributed by atoms with E-state index >= 15 is 0 Å². The number of hydrogen-bond donors (Lipinski definition) is 2. The summed E-state index contributed by atoms with van der Waals surface area (Å²) in [7, 11) is 0. The third-order valence-electron chi connectivity index (χ3n) is 3.42. The van der Waals surface area contributed by atoms with E-state index in [9.17, 15) is 5.11 Å². The van der Waals surface area contributed by atoms with Gasteiger partial charge in [-0.1, -0.05) is 11.6 Å². The van der Waals surface area contributed by atoms with Crippen LogP contribution in [0.2, 0.25) is 5.02 Å². The topological polar surface area (TPSA) is 56.6 Å². The quantitative estimate of drug-likeness (QED) is 0.863. The lowest BCUT2D eigenvalue weighted by Crippen LogP contribution is -2.29. The highest BCUT2D eigenvalue weighted by molar-refractivity contribution is 6.33. The van der Waals surface area contributed by atoms with Crippen molar-refractivity contribution >= 4 is 17.4 Å². The zero-order valence-electron chi connectivity index (χ0n) is 10.6. The van der Waals surface area contributed by atoms with Crippen molar-refractivity contribution in [2.45, 2.75) is 38.4 Å². The molecule has 1 unspecified atom stereocenters. The molecule has 0 spiro atoms. The van der Waals surface area contributed by atoms with Crippen LogP contribution < -0.4 is 4.90 Å². The van der Waals surface area contributed by atoms with E-state index in [-0.39, 0.29) is 6.61 Å². The molecule has 1 aliphatic rings. The lowest BCUT2D eigenvalue weighted by atomic mass is 9.98. The summed E-state index contributed by atoms with van der Waals surface area (Å²) >= 11 is 6.19. The van der Waals surface area contributed by atoms with Crippen molar-refractivity contribution in [2.24, 2.45) is 0 Å². The summed E-state index contributed by atoms with van der Waals surface area (Å²) in [5.41, 5.74) is 0.122. The molecule has 1 aromatic rings. The largest absolute Gasteiger partial charge is 0.392 e. The second-order valence-electron chi connectivity index (χ2n) is 5.14. The lowest BCUT2D eigenvalue weighted by molar-refractivity contribution is 0.0481. The number of pyridine rings is 1. The van der Waals surface area contributed by atoms with Gasteiger partial charge in [-0.25, -0.2) is 4.98 Å². The van der Waals surface area contributed by atoms with E-state index in [0.29, 0.717) is 17.0 Å². The van der Waals surface area contributed by atoms with Gasteiger partial charge in [0.15, 0.2) is 0 Å². The van der Waals surface area contributed by atoms with Gasteiger partial charge in [-0.3, -0.25) is 0 Å². The third kappa shape index (κ3) is 3.13. The van der Waals surface area contributed by atoms with Crippen molar-refractivity contribution < 1.29 is 10.2 Å². The molecular weight excluding hydrogens is 252 g/mol. The SMILES string of the molecule is CC1(O)CCCN(c2ncc(CO)cc2Cl)CC1. The van der Waals surface area contributed by atoms with Gasteiger partial charge in [0, 0.05) is 19.3 Å². The Morgan fingerprint density at radius 3 is 2.89 bits per heavy atom. The maximum atomic E-state index is 10.1. The van der Waals surface area contributed by atoms with Gasteiger partial charge in [-0.05, 0) is 37.8 Å². The summed E-state index contributed by atoms with van der Waals surface area (Å²) < 4.78 is 0. The van der Waals surface area contributed by atoms with Crippen LogP contribution in [0.4, 0.5) is 5.82 Å². The number of aliphatic hydroxyl groups is 2. The van der Waals surface area contributed by atoms with Gasteiger partial charge in [-0.2, -0.15) is 0 Å². The fourth-order valence-corrected chi connectivity index (χ4v) is 2.57. The zero-order valence-corrected chi connectivity index (χ0v) is 11.3. The van der Waals surface area contributed by atoms with Crippen molar-refractivity contribution in [3.8, 4) is 0 Å². The summed E-state index contributed by atoms with van der Waals surface area (Å²) in [6, 6.07) is 1.74. The molecule has 1 aromatic heterocycles. The molecule has 2 heterocycles. The van der Waals surface area contributed by atoms with E-state index in [0.717, 1.165) is 31.7 Å². The van der Waals surface area contributed by atoms with Crippen LogP contribution >= 0.6 is 11.6 Å². The van der Waals surface area contributed by atoms with Crippen LogP contribution in [0.25, 0.3) is 0 Å². The minimum Gasteiger partial charge on any atom is -0.392 e. The minimum absolute atomic E-state index is 0.0539. The number of halogens is 1. The molecule has 1 aliphatic heterocycles. The van der Waals surface area contributed by atoms with Crippen LogP contribution in [0.1, 0.15) is 31.7 Å². The molecule has 100 valence electrons. The Kier molecular flexibility index (Phi) is 4.10. The molecular formula is C13H19ClN2O2. The molecule has 2 N–H and O–H groups in total. The molecule has 0 saturated carbocycles. The van der Waals surface area contributed by atoms with Gasteiger partial charge in [-0.15, -0.1) is 0 Å². The first kappa shape index (κ1) is 13.6. The van der Waals surface area contributed by atoms with Crippen molar-refractivity contribution in [2.75, 3.05) is 18.0 Å². The molecule has 5 heteroatoms. The Balaban J connectivity index is 2.16. The van der Waals surface area contributed by atoms with Gasteiger partial charge in [0.05, 0.1) is 17.2 Å². The van der Waals surface area contributed by atoms with Crippen molar-refractivity contribution in [3.63, 3.8) is 0 Å². The maximum Gasteiger partial charge on any atom is 0.147 e. The monoisotopic (exact) mass is 270 g/mol. The zero-order chi connectivity index (χ0) is 13.2. The highest BCUT2D eigenvalue weighted by Crippen LogP contribution is 2.29. The Bertz CT molecular complexity index is 423. The van der Waals surface area contributed by atoms with E-state index in [1.807, 2.05) is 6.92 Å². The Morgan fingerprint density at radius 1 is 1.44 bits per heavy atom. The lowest BCUT2D eigenvalue weighted by Gasteiger charge is -2.24. The molecule has 0 aromatic carbocycles. The first-order chi connectivity index (χ1) is 8.52. The smallest absolute Gasteiger partial charge is 0.147 e. The molecule has 4 nitrogen and oxygen atoms in total. The number of nitrogens with zero attached hydrogens (tertiary/aromatic N) is 2. The summed E-state index contributed by atoms with van der Waals surface area (Å²) in [4.78, 5) is 6.42. The Hall–Kier alpha value is -0.840. The molecule has 0 aliphatic carbocycles. The molecule has 1 saturated heterocycles. The van der Waals surface area contributed by atoms with Gasteiger partial charge in [0.2, 0.25) is 0 Å².